The van der Waals surface area contributed by atoms with E-state index in [1.54, 1.807) is 24.4 Å². The molecule has 2 aromatic heterocycles. The molecule has 3 aromatic rings. The third kappa shape index (κ3) is 4.67. The number of carbonyl (C=O) groups excluding carboxylic acids is 1. The molecule has 134 valence electrons. The standard InChI is InChI=1S/C17H13BrN2O3S3/c1-26(22,23)13-6-4-11(5-7-13)14(9-12-3-2-8-24-12)16(21)20-17-19-10-15(18)25-17/h2-10H,1H3,(H,19,20,21)/b14-9+. The van der Waals surface area contributed by atoms with Crippen LogP contribution in [0.25, 0.3) is 11.6 Å². The lowest BCUT2D eigenvalue weighted by Crippen LogP contribution is -2.13. The summed E-state index contributed by atoms with van der Waals surface area (Å²) in [6, 6.07) is 10.1. The van der Waals surface area contributed by atoms with Gasteiger partial charge in [0.15, 0.2) is 15.0 Å². The minimum Gasteiger partial charge on any atom is -0.298 e. The van der Waals surface area contributed by atoms with Gasteiger partial charge in [0, 0.05) is 16.7 Å². The van der Waals surface area contributed by atoms with E-state index in [-0.39, 0.29) is 10.8 Å². The van der Waals surface area contributed by atoms with E-state index in [0.717, 1.165) is 14.9 Å². The Morgan fingerprint density at radius 3 is 2.50 bits per heavy atom. The van der Waals surface area contributed by atoms with E-state index in [9.17, 15) is 13.2 Å². The minimum absolute atomic E-state index is 0.209. The molecule has 0 aliphatic heterocycles. The molecule has 3 rings (SSSR count). The van der Waals surface area contributed by atoms with Crippen molar-refractivity contribution in [2.75, 3.05) is 11.6 Å². The van der Waals surface area contributed by atoms with Crippen molar-refractivity contribution in [1.29, 1.82) is 0 Å². The van der Waals surface area contributed by atoms with Crippen molar-refractivity contribution in [3.8, 4) is 0 Å². The van der Waals surface area contributed by atoms with Crippen molar-refractivity contribution in [1.82, 2.24) is 4.98 Å². The largest absolute Gasteiger partial charge is 0.298 e. The van der Waals surface area contributed by atoms with Crippen molar-refractivity contribution in [3.63, 3.8) is 0 Å². The number of thiophene rings is 1. The topological polar surface area (TPSA) is 76.1 Å². The van der Waals surface area contributed by atoms with Crippen molar-refractivity contribution in [3.05, 3.63) is 62.2 Å². The molecule has 9 heteroatoms. The summed E-state index contributed by atoms with van der Waals surface area (Å²) in [5.74, 6) is -0.313. The van der Waals surface area contributed by atoms with Gasteiger partial charge >= 0.3 is 0 Å². The molecule has 26 heavy (non-hydrogen) atoms. The molecular formula is C17H13BrN2O3S3. The highest BCUT2D eigenvalue weighted by Gasteiger charge is 2.16. The molecule has 0 fully saturated rings. The molecule has 0 bridgehead atoms. The van der Waals surface area contributed by atoms with Gasteiger partial charge in [0.1, 0.15) is 0 Å². The number of thiazole rings is 1. The summed E-state index contributed by atoms with van der Waals surface area (Å²) in [5.41, 5.74) is 1.05. The van der Waals surface area contributed by atoms with E-state index in [2.05, 4.69) is 26.2 Å². The summed E-state index contributed by atoms with van der Waals surface area (Å²) in [5, 5.41) is 5.18. The lowest BCUT2D eigenvalue weighted by Gasteiger charge is -2.08. The van der Waals surface area contributed by atoms with Gasteiger partial charge < -0.3 is 0 Å². The molecule has 2 heterocycles. The number of amides is 1. The van der Waals surface area contributed by atoms with Crippen molar-refractivity contribution >= 4 is 71.1 Å². The lowest BCUT2D eigenvalue weighted by atomic mass is 10.0. The van der Waals surface area contributed by atoms with Crippen molar-refractivity contribution in [2.45, 2.75) is 4.90 Å². The number of nitrogens with one attached hydrogen (secondary N) is 1. The van der Waals surface area contributed by atoms with E-state index in [0.29, 0.717) is 16.3 Å². The van der Waals surface area contributed by atoms with Crippen LogP contribution in [0, 0.1) is 0 Å². The molecule has 1 N–H and O–H groups in total. The van der Waals surface area contributed by atoms with Gasteiger partial charge in [-0.15, -0.1) is 11.3 Å². The maximum atomic E-state index is 12.8. The van der Waals surface area contributed by atoms with Crippen LogP contribution in [0.5, 0.6) is 0 Å². The summed E-state index contributed by atoms with van der Waals surface area (Å²) < 4.78 is 24.1. The molecule has 0 aliphatic carbocycles. The zero-order chi connectivity index (χ0) is 18.7. The van der Waals surface area contributed by atoms with Crippen LogP contribution in [0.4, 0.5) is 5.13 Å². The average Bonchev–Trinajstić information content (AvgIpc) is 3.23. The molecular weight excluding hydrogens is 456 g/mol. The van der Waals surface area contributed by atoms with Crippen LogP contribution >= 0.6 is 38.6 Å². The second kappa shape index (κ2) is 7.83. The van der Waals surface area contributed by atoms with E-state index >= 15 is 0 Å². The first kappa shape index (κ1) is 19.0. The molecule has 0 aliphatic rings. The molecule has 1 amide bonds. The van der Waals surface area contributed by atoms with Crippen LogP contribution < -0.4 is 5.32 Å². The van der Waals surface area contributed by atoms with Crippen molar-refractivity contribution in [2.24, 2.45) is 0 Å². The van der Waals surface area contributed by atoms with Crippen LogP contribution in [0.15, 0.2) is 56.7 Å². The number of benzene rings is 1. The van der Waals surface area contributed by atoms with Gasteiger partial charge in [-0.2, -0.15) is 0 Å². The molecule has 0 atom stereocenters. The first-order valence-corrected chi connectivity index (χ1v) is 11.7. The first-order chi connectivity index (χ1) is 12.3. The van der Waals surface area contributed by atoms with Crippen LogP contribution in [-0.2, 0) is 14.6 Å². The summed E-state index contributed by atoms with van der Waals surface area (Å²) >= 11 is 6.13. The maximum absolute atomic E-state index is 12.8. The van der Waals surface area contributed by atoms with Gasteiger partial charge in [0.25, 0.3) is 5.91 Å². The number of rotatable bonds is 5. The smallest absolute Gasteiger partial charge is 0.258 e. The van der Waals surface area contributed by atoms with Gasteiger partial charge in [-0.05, 0) is 51.1 Å². The SMILES string of the molecule is CS(=O)(=O)c1ccc(/C(=C\c2cccs2)C(=O)Nc2ncc(Br)s2)cc1. The summed E-state index contributed by atoms with van der Waals surface area (Å²) in [7, 11) is -3.29. The monoisotopic (exact) mass is 468 g/mol. The van der Waals surface area contributed by atoms with Crippen LogP contribution in [0.2, 0.25) is 0 Å². The van der Waals surface area contributed by atoms with Gasteiger partial charge in [0.05, 0.1) is 14.9 Å². The second-order valence-electron chi connectivity index (χ2n) is 5.29. The predicted octanol–water partition coefficient (Wildman–Crippen LogP) is 4.55. The number of aromatic nitrogens is 1. The highest BCUT2D eigenvalue weighted by molar-refractivity contribution is 9.11. The Morgan fingerprint density at radius 1 is 1.23 bits per heavy atom. The number of hydrogen-bond acceptors (Lipinski definition) is 6. The van der Waals surface area contributed by atoms with E-state index in [1.165, 1.54) is 34.8 Å². The summed E-state index contributed by atoms with van der Waals surface area (Å²) in [6.45, 7) is 0. The minimum atomic E-state index is -3.29. The fraction of sp³-hybridized carbons (Fsp3) is 0.0588. The van der Waals surface area contributed by atoms with E-state index in [4.69, 9.17) is 0 Å². The van der Waals surface area contributed by atoms with Crippen LogP contribution in [-0.4, -0.2) is 25.6 Å². The molecule has 0 saturated carbocycles. The Morgan fingerprint density at radius 2 is 1.96 bits per heavy atom. The highest BCUT2D eigenvalue weighted by atomic mass is 79.9. The quantitative estimate of drug-likeness (QED) is 0.557. The highest BCUT2D eigenvalue weighted by Crippen LogP contribution is 2.27. The lowest BCUT2D eigenvalue weighted by molar-refractivity contribution is -0.111. The number of carbonyl (C=O) groups is 1. The Bertz CT molecular complexity index is 1050. The van der Waals surface area contributed by atoms with E-state index in [1.807, 2.05) is 17.5 Å². The fourth-order valence-corrected chi connectivity index (χ4v) is 4.54. The number of halogens is 1. The van der Waals surface area contributed by atoms with Crippen LogP contribution in [0.1, 0.15) is 10.4 Å². The zero-order valence-corrected chi connectivity index (χ0v) is 17.5. The Kier molecular flexibility index (Phi) is 5.71. The number of hydrogen-bond donors (Lipinski definition) is 1. The predicted molar refractivity (Wildman–Crippen MR) is 110 cm³/mol. The zero-order valence-electron chi connectivity index (χ0n) is 13.5. The molecule has 5 nitrogen and oxygen atoms in total. The van der Waals surface area contributed by atoms with Gasteiger partial charge in [-0.25, -0.2) is 13.4 Å². The number of nitrogens with zero attached hydrogens (tertiary/aromatic N) is 1. The van der Waals surface area contributed by atoms with Gasteiger partial charge in [-0.3, -0.25) is 10.1 Å². The Labute approximate surface area is 167 Å². The molecule has 1 aromatic carbocycles. The number of sulfone groups is 1. The summed E-state index contributed by atoms with van der Waals surface area (Å²) in [6.07, 6.45) is 4.54. The Hall–Kier alpha value is -1.81. The molecule has 0 unspecified atom stereocenters. The third-order valence-corrected chi connectivity index (χ3v) is 6.71. The fourth-order valence-electron chi connectivity index (χ4n) is 2.15. The normalized spacial score (nSPS) is 12.2. The van der Waals surface area contributed by atoms with Crippen molar-refractivity contribution < 1.29 is 13.2 Å². The first-order valence-electron chi connectivity index (χ1n) is 7.31. The second-order valence-corrected chi connectivity index (χ2v) is 10.7. The molecule has 0 spiro atoms. The maximum Gasteiger partial charge on any atom is 0.258 e. The van der Waals surface area contributed by atoms with E-state index < -0.39 is 9.84 Å². The van der Waals surface area contributed by atoms with Gasteiger partial charge in [0.2, 0.25) is 0 Å². The molecule has 0 radical (unpaired) electrons. The van der Waals surface area contributed by atoms with Gasteiger partial charge in [-0.1, -0.05) is 29.5 Å². The number of anilines is 1. The van der Waals surface area contributed by atoms with Crippen LogP contribution in [0.3, 0.4) is 0 Å². The summed E-state index contributed by atoms with van der Waals surface area (Å²) in [4.78, 5) is 18.0. The average molecular weight is 469 g/mol. The Balaban J connectivity index is 1.97. The molecule has 0 saturated heterocycles. The third-order valence-electron chi connectivity index (χ3n) is 3.37.